The lowest BCUT2D eigenvalue weighted by Gasteiger charge is -2.27. The fraction of sp³-hybridized carbons (Fsp3) is 0.579. The molecule has 0 radical (unpaired) electrons. The third kappa shape index (κ3) is 4.21. The van der Waals surface area contributed by atoms with E-state index in [0.29, 0.717) is 0 Å². The Kier molecular flexibility index (Phi) is 4.39. The topological polar surface area (TPSA) is 12.0 Å². The Bertz CT molecular complexity index is 448. The van der Waals surface area contributed by atoms with Crippen LogP contribution in [0.3, 0.4) is 0 Å². The Hall–Kier alpha value is -1.08. The summed E-state index contributed by atoms with van der Waals surface area (Å²) in [4.78, 5) is 0. The van der Waals surface area contributed by atoms with Gasteiger partial charge in [0, 0.05) is 18.0 Å². The van der Waals surface area contributed by atoms with E-state index in [2.05, 4.69) is 69.9 Å². The minimum absolute atomic E-state index is 0.145. The smallest absolute Gasteiger partial charge is 0.00685 e. The lowest BCUT2D eigenvalue weighted by Crippen LogP contribution is -2.33. The van der Waals surface area contributed by atoms with Crippen molar-refractivity contribution in [3.05, 3.63) is 48.0 Å². The second-order valence-electron chi connectivity index (χ2n) is 7.64. The molecular weight excluding hydrogens is 242 g/mol. The predicted octanol–water partition coefficient (Wildman–Crippen LogP) is 4.47. The zero-order valence-electron chi connectivity index (χ0n) is 13.5. The van der Waals surface area contributed by atoms with E-state index in [9.17, 15) is 0 Å². The molecule has 0 saturated heterocycles. The summed E-state index contributed by atoms with van der Waals surface area (Å²) in [5, 5.41) is 3.63. The van der Waals surface area contributed by atoms with Crippen molar-refractivity contribution >= 4 is 0 Å². The third-order valence-corrected chi connectivity index (χ3v) is 4.29. The Morgan fingerprint density at radius 3 is 2.20 bits per heavy atom. The maximum atomic E-state index is 4.04. The van der Waals surface area contributed by atoms with Gasteiger partial charge in [0.15, 0.2) is 0 Å². The van der Waals surface area contributed by atoms with Gasteiger partial charge in [-0.2, -0.15) is 0 Å². The highest BCUT2D eigenvalue weighted by Gasteiger charge is 2.26. The van der Waals surface area contributed by atoms with Gasteiger partial charge in [0.05, 0.1) is 0 Å². The molecule has 1 fully saturated rings. The molecule has 110 valence electrons. The van der Waals surface area contributed by atoms with Gasteiger partial charge >= 0.3 is 0 Å². The minimum Gasteiger partial charge on any atom is -0.313 e. The van der Waals surface area contributed by atoms with Crippen LogP contribution in [-0.2, 0) is 11.8 Å². The maximum Gasteiger partial charge on any atom is 0.00685 e. The van der Waals surface area contributed by atoms with Crippen LogP contribution in [0.2, 0.25) is 0 Å². The van der Waals surface area contributed by atoms with Crippen LogP contribution >= 0.6 is 0 Å². The number of benzene rings is 1. The highest BCUT2D eigenvalue weighted by atomic mass is 15.0. The molecular formula is C19H29N. The van der Waals surface area contributed by atoms with Gasteiger partial charge in [-0.05, 0) is 35.8 Å². The quantitative estimate of drug-likeness (QED) is 0.753. The summed E-state index contributed by atoms with van der Waals surface area (Å²) < 4.78 is 0. The Morgan fingerprint density at radius 2 is 1.75 bits per heavy atom. The second kappa shape index (κ2) is 5.73. The van der Waals surface area contributed by atoms with E-state index < -0.39 is 0 Å². The molecule has 2 rings (SSSR count). The molecule has 1 aliphatic rings. The van der Waals surface area contributed by atoms with Crippen LogP contribution in [0.1, 0.15) is 51.7 Å². The summed E-state index contributed by atoms with van der Waals surface area (Å²) in [6.07, 6.45) is 5.85. The van der Waals surface area contributed by atoms with Crippen LogP contribution in [0.15, 0.2) is 36.9 Å². The fourth-order valence-corrected chi connectivity index (χ4v) is 2.46. The van der Waals surface area contributed by atoms with E-state index in [-0.39, 0.29) is 10.8 Å². The molecule has 1 aromatic carbocycles. The largest absolute Gasteiger partial charge is 0.313 e. The van der Waals surface area contributed by atoms with Gasteiger partial charge in [0.25, 0.3) is 0 Å². The van der Waals surface area contributed by atoms with E-state index in [1.54, 1.807) is 0 Å². The van der Waals surface area contributed by atoms with E-state index in [1.165, 1.54) is 24.0 Å². The molecule has 0 aromatic heterocycles. The monoisotopic (exact) mass is 271 g/mol. The van der Waals surface area contributed by atoms with E-state index in [4.69, 9.17) is 0 Å². The van der Waals surface area contributed by atoms with Crippen molar-refractivity contribution in [3.63, 3.8) is 0 Å². The fourth-order valence-electron chi connectivity index (χ4n) is 2.46. The molecule has 1 atom stereocenters. The lowest BCUT2D eigenvalue weighted by molar-refractivity contribution is 0.389. The molecule has 0 aliphatic heterocycles. The SMILES string of the molecule is C=CC(C)(CNC1CC1)Cc1ccc(C(C)(C)C)cc1. The van der Waals surface area contributed by atoms with Gasteiger partial charge in [-0.3, -0.25) is 0 Å². The van der Waals surface area contributed by atoms with Crippen LogP contribution in [0.4, 0.5) is 0 Å². The zero-order chi connectivity index (χ0) is 14.8. The van der Waals surface area contributed by atoms with Crippen LogP contribution in [0.25, 0.3) is 0 Å². The van der Waals surface area contributed by atoms with Crippen LogP contribution < -0.4 is 5.32 Å². The molecule has 0 spiro atoms. The van der Waals surface area contributed by atoms with Crippen molar-refractivity contribution in [2.24, 2.45) is 5.41 Å². The van der Waals surface area contributed by atoms with Crippen molar-refractivity contribution in [2.75, 3.05) is 6.54 Å². The highest BCUT2D eigenvalue weighted by Crippen LogP contribution is 2.28. The minimum atomic E-state index is 0.145. The van der Waals surface area contributed by atoms with Gasteiger partial charge in [0.2, 0.25) is 0 Å². The Labute approximate surface area is 124 Å². The molecule has 20 heavy (non-hydrogen) atoms. The Morgan fingerprint density at radius 1 is 1.15 bits per heavy atom. The molecule has 1 aliphatic carbocycles. The zero-order valence-corrected chi connectivity index (χ0v) is 13.5. The summed E-state index contributed by atoms with van der Waals surface area (Å²) >= 11 is 0. The number of hydrogen-bond acceptors (Lipinski definition) is 1. The van der Waals surface area contributed by atoms with Gasteiger partial charge in [-0.15, -0.1) is 6.58 Å². The summed E-state index contributed by atoms with van der Waals surface area (Å²) in [7, 11) is 0. The highest BCUT2D eigenvalue weighted by molar-refractivity contribution is 5.28. The van der Waals surface area contributed by atoms with Crippen LogP contribution in [0.5, 0.6) is 0 Å². The molecule has 0 amide bonds. The van der Waals surface area contributed by atoms with Gasteiger partial charge in [-0.25, -0.2) is 0 Å². The summed E-state index contributed by atoms with van der Waals surface area (Å²) in [5.41, 5.74) is 3.18. The molecule has 1 unspecified atom stereocenters. The average Bonchev–Trinajstić information content (AvgIpc) is 3.20. The number of nitrogens with one attached hydrogen (secondary N) is 1. The lowest BCUT2D eigenvalue weighted by atomic mass is 9.82. The van der Waals surface area contributed by atoms with Crippen LogP contribution in [0, 0.1) is 5.41 Å². The maximum absolute atomic E-state index is 4.04. The normalized spacial score (nSPS) is 18.6. The molecule has 0 bridgehead atoms. The summed E-state index contributed by atoms with van der Waals surface area (Å²) in [6.45, 7) is 14.2. The first-order valence-corrected chi connectivity index (χ1v) is 7.79. The molecule has 1 saturated carbocycles. The van der Waals surface area contributed by atoms with Gasteiger partial charge < -0.3 is 5.32 Å². The third-order valence-electron chi connectivity index (χ3n) is 4.29. The van der Waals surface area contributed by atoms with Crippen LogP contribution in [-0.4, -0.2) is 12.6 Å². The molecule has 1 aromatic rings. The van der Waals surface area contributed by atoms with E-state index >= 15 is 0 Å². The Balaban J connectivity index is 2.00. The van der Waals surface area contributed by atoms with Gasteiger partial charge in [0.1, 0.15) is 0 Å². The first-order chi connectivity index (χ1) is 9.32. The summed E-state index contributed by atoms with van der Waals surface area (Å²) in [6, 6.07) is 9.86. The first kappa shape index (κ1) is 15.3. The van der Waals surface area contributed by atoms with E-state index in [0.717, 1.165) is 19.0 Å². The standard InChI is InChI=1S/C19H29N/c1-6-19(5,14-20-17-11-12-17)13-15-7-9-16(10-8-15)18(2,3)4/h6-10,17,20H,1,11-14H2,2-5H3. The first-order valence-electron chi connectivity index (χ1n) is 7.79. The predicted molar refractivity (Wildman–Crippen MR) is 88.2 cm³/mol. The number of rotatable bonds is 6. The molecule has 0 heterocycles. The molecule has 1 heteroatoms. The van der Waals surface area contributed by atoms with Crippen molar-refractivity contribution < 1.29 is 0 Å². The van der Waals surface area contributed by atoms with Crippen molar-refractivity contribution in [1.82, 2.24) is 5.32 Å². The molecule has 1 N–H and O–H groups in total. The van der Waals surface area contributed by atoms with Crippen molar-refractivity contribution in [1.29, 1.82) is 0 Å². The van der Waals surface area contributed by atoms with E-state index in [1.807, 2.05) is 0 Å². The second-order valence-corrected chi connectivity index (χ2v) is 7.64. The average molecular weight is 271 g/mol. The summed E-state index contributed by atoms with van der Waals surface area (Å²) in [5.74, 6) is 0. The number of hydrogen-bond donors (Lipinski definition) is 1. The van der Waals surface area contributed by atoms with Gasteiger partial charge in [-0.1, -0.05) is 58.0 Å². The van der Waals surface area contributed by atoms with Crippen molar-refractivity contribution in [3.8, 4) is 0 Å². The molecule has 1 nitrogen and oxygen atoms in total. The van der Waals surface area contributed by atoms with Crippen molar-refractivity contribution in [2.45, 2.75) is 58.4 Å².